The van der Waals surface area contributed by atoms with Crippen LogP contribution in [0.5, 0.6) is 0 Å². The Hall–Kier alpha value is -0.590. The van der Waals surface area contributed by atoms with E-state index in [1.807, 2.05) is 0 Å². The zero-order chi connectivity index (χ0) is 12.3. The zero-order valence-electron chi connectivity index (χ0n) is 8.24. The van der Waals surface area contributed by atoms with Crippen LogP contribution in [0.3, 0.4) is 0 Å². The maximum Gasteiger partial charge on any atom is 0.471 e. The van der Waals surface area contributed by atoms with Gasteiger partial charge in [0.25, 0.3) is 0 Å². The number of hydrogen-bond donors (Lipinski definition) is 1. The van der Waals surface area contributed by atoms with Crippen LogP contribution in [-0.4, -0.2) is 28.7 Å². The van der Waals surface area contributed by atoms with E-state index in [9.17, 15) is 22.8 Å². The standard InChI is InChI=1S/C8H11BrF3NO2/c1-7(2,3-5(14)4-9)13-6(15)8(10,11)12/h3-4H2,1-2H3,(H,13,15). The Balaban J connectivity index is 4.38. The number of carbonyl (C=O) groups is 2. The lowest BCUT2D eigenvalue weighted by molar-refractivity contribution is -0.175. The van der Waals surface area contributed by atoms with Gasteiger partial charge >= 0.3 is 12.1 Å². The molecule has 1 N–H and O–H groups in total. The first-order valence-corrected chi connectivity index (χ1v) is 5.17. The first kappa shape index (κ1) is 14.4. The smallest absolute Gasteiger partial charge is 0.343 e. The van der Waals surface area contributed by atoms with E-state index in [0.717, 1.165) is 0 Å². The van der Waals surface area contributed by atoms with Gasteiger partial charge in [0.1, 0.15) is 5.78 Å². The predicted octanol–water partition coefficient (Wildman–Crippen LogP) is 1.80. The van der Waals surface area contributed by atoms with Gasteiger partial charge in [-0.3, -0.25) is 9.59 Å². The van der Waals surface area contributed by atoms with Gasteiger partial charge in [-0.25, -0.2) is 0 Å². The van der Waals surface area contributed by atoms with Crippen molar-refractivity contribution in [3.05, 3.63) is 0 Å². The summed E-state index contributed by atoms with van der Waals surface area (Å²) in [6.07, 6.45) is -5.07. The normalized spacial score (nSPS) is 12.4. The van der Waals surface area contributed by atoms with Crippen molar-refractivity contribution in [2.45, 2.75) is 32.0 Å². The largest absolute Gasteiger partial charge is 0.471 e. The summed E-state index contributed by atoms with van der Waals surface area (Å²) in [6, 6.07) is 0. The highest BCUT2D eigenvalue weighted by Crippen LogP contribution is 2.18. The molecule has 3 nitrogen and oxygen atoms in total. The summed E-state index contributed by atoms with van der Waals surface area (Å²) >= 11 is 2.89. The van der Waals surface area contributed by atoms with Gasteiger partial charge in [-0.15, -0.1) is 0 Å². The van der Waals surface area contributed by atoms with E-state index in [0.29, 0.717) is 0 Å². The first-order valence-electron chi connectivity index (χ1n) is 4.05. The molecule has 0 aliphatic rings. The molecule has 0 rings (SSSR count). The number of rotatable bonds is 4. The number of amides is 1. The van der Waals surface area contributed by atoms with Crippen molar-refractivity contribution in [3.63, 3.8) is 0 Å². The molecule has 0 saturated heterocycles. The van der Waals surface area contributed by atoms with E-state index in [1.54, 1.807) is 5.32 Å². The molecule has 0 bridgehead atoms. The summed E-state index contributed by atoms with van der Waals surface area (Å²) in [5.74, 6) is -2.31. The summed E-state index contributed by atoms with van der Waals surface area (Å²) in [4.78, 5) is 21.6. The molecule has 0 atom stereocenters. The molecule has 7 heteroatoms. The van der Waals surface area contributed by atoms with Crippen molar-refractivity contribution in [1.82, 2.24) is 5.32 Å². The fourth-order valence-electron chi connectivity index (χ4n) is 0.963. The van der Waals surface area contributed by atoms with Crippen LogP contribution in [0.1, 0.15) is 20.3 Å². The Morgan fingerprint density at radius 2 is 1.73 bits per heavy atom. The molecule has 15 heavy (non-hydrogen) atoms. The Kier molecular flexibility index (Phi) is 4.76. The summed E-state index contributed by atoms with van der Waals surface area (Å²) < 4.78 is 35.7. The average Bonchev–Trinajstić information content (AvgIpc) is 2.00. The summed E-state index contributed by atoms with van der Waals surface area (Å²) in [5.41, 5.74) is -1.20. The highest BCUT2D eigenvalue weighted by Gasteiger charge is 2.41. The van der Waals surface area contributed by atoms with Crippen LogP contribution < -0.4 is 5.32 Å². The Bertz CT molecular complexity index is 263. The number of carbonyl (C=O) groups excluding carboxylic acids is 2. The number of hydrogen-bond acceptors (Lipinski definition) is 2. The van der Waals surface area contributed by atoms with E-state index < -0.39 is 17.6 Å². The predicted molar refractivity (Wildman–Crippen MR) is 51.7 cm³/mol. The molecular formula is C8H11BrF3NO2. The van der Waals surface area contributed by atoms with E-state index in [-0.39, 0.29) is 17.5 Å². The van der Waals surface area contributed by atoms with E-state index in [1.165, 1.54) is 13.8 Å². The molecule has 0 aliphatic carbocycles. The van der Waals surface area contributed by atoms with Gasteiger partial charge in [-0.1, -0.05) is 15.9 Å². The fourth-order valence-corrected chi connectivity index (χ4v) is 1.16. The number of Topliss-reactive ketones (excluding diaryl/α,β-unsaturated/α-hetero) is 1. The second-order valence-electron chi connectivity index (χ2n) is 3.68. The quantitative estimate of drug-likeness (QED) is 0.802. The molecule has 0 fully saturated rings. The summed E-state index contributed by atoms with van der Waals surface area (Å²) in [7, 11) is 0. The first-order chi connectivity index (χ1) is 6.58. The molecule has 0 heterocycles. The molecule has 0 spiro atoms. The van der Waals surface area contributed by atoms with Gasteiger partial charge < -0.3 is 5.32 Å². The monoisotopic (exact) mass is 289 g/mol. The lowest BCUT2D eigenvalue weighted by atomic mass is 9.98. The molecule has 0 aromatic rings. The second-order valence-corrected chi connectivity index (χ2v) is 4.25. The minimum atomic E-state index is -4.92. The van der Waals surface area contributed by atoms with Gasteiger partial charge in [0, 0.05) is 12.0 Å². The van der Waals surface area contributed by atoms with Crippen LogP contribution in [0.25, 0.3) is 0 Å². The van der Waals surface area contributed by atoms with Crippen molar-refractivity contribution in [3.8, 4) is 0 Å². The lowest BCUT2D eigenvalue weighted by Gasteiger charge is -2.25. The molecule has 0 aromatic heterocycles. The van der Waals surface area contributed by atoms with Crippen LogP contribution in [-0.2, 0) is 9.59 Å². The molecule has 0 aromatic carbocycles. The summed E-state index contributed by atoms with van der Waals surface area (Å²) in [5, 5.41) is 1.81. The Morgan fingerprint density at radius 1 is 1.27 bits per heavy atom. The Labute approximate surface area is 93.5 Å². The highest BCUT2D eigenvalue weighted by atomic mass is 79.9. The minimum Gasteiger partial charge on any atom is -0.343 e. The maximum atomic E-state index is 11.9. The van der Waals surface area contributed by atoms with E-state index >= 15 is 0 Å². The Morgan fingerprint density at radius 3 is 2.07 bits per heavy atom. The van der Waals surface area contributed by atoms with Crippen LogP contribution in [0.4, 0.5) is 13.2 Å². The molecular weight excluding hydrogens is 279 g/mol. The third-order valence-corrected chi connectivity index (χ3v) is 2.12. The fraction of sp³-hybridized carbons (Fsp3) is 0.750. The SMILES string of the molecule is CC(C)(CC(=O)CBr)NC(=O)C(F)(F)F. The van der Waals surface area contributed by atoms with Crippen LogP contribution in [0.15, 0.2) is 0 Å². The third kappa shape index (κ3) is 5.76. The van der Waals surface area contributed by atoms with Crippen molar-refractivity contribution in [1.29, 1.82) is 0 Å². The van der Waals surface area contributed by atoms with Crippen molar-refractivity contribution in [2.75, 3.05) is 5.33 Å². The summed E-state index contributed by atoms with van der Waals surface area (Å²) in [6.45, 7) is 2.72. The molecule has 0 saturated carbocycles. The molecule has 1 amide bonds. The number of alkyl halides is 4. The molecule has 0 radical (unpaired) electrons. The van der Waals surface area contributed by atoms with Gasteiger partial charge in [0.15, 0.2) is 0 Å². The average molecular weight is 290 g/mol. The van der Waals surface area contributed by atoms with Crippen molar-refractivity contribution in [2.24, 2.45) is 0 Å². The second kappa shape index (κ2) is 4.96. The molecule has 0 aliphatic heterocycles. The van der Waals surface area contributed by atoms with Crippen molar-refractivity contribution < 1.29 is 22.8 Å². The van der Waals surface area contributed by atoms with Gasteiger partial charge in [0.2, 0.25) is 0 Å². The van der Waals surface area contributed by atoms with Crippen molar-refractivity contribution >= 4 is 27.6 Å². The highest BCUT2D eigenvalue weighted by molar-refractivity contribution is 9.09. The minimum absolute atomic E-state index is 0.0539. The third-order valence-electron chi connectivity index (χ3n) is 1.50. The topological polar surface area (TPSA) is 46.2 Å². The number of halogens is 4. The van der Waals surface area contributed by atoms with Crippen LogP contribution in [0, 0.1) is 0 Å². The van der Waals surface area contributed by atoms with Gasteiger partial charge in [0.05, 0.1) is 5.33 Å². The number of ketones is 1. The van der Waals surface area contributed by atoms with Gasteiger partial charge in [-0.2, -0.15) is 13.2 Å². The molecule has 0 unspecified atom stereocenters. The van der Waals surface area contributed by atoms with Crippen LogP contribution in [0.2, 0.25) is 0 Å². The van der Waals surface area contributed by atoms with Gasteiger partial charge in [-0.05, 0) is 13.8 Å². The lowest BCUT2D eigenvalue weighted by Crippen LogP contribution is -2.50. The number of nitrogens with one attached hydrogen (secondary N) is 1. The van der Waals surface area contributed by atoms with E-state index in [4.69, 9.17) is 0 Å². The maximum absolute atomic E-state index is 11.9. The van der Waals surface area contributed by atoms with Crippen LogP contribution >= 0.6 is 15.9 Å². The molecule has 88 valence electrons. The zero-order valence-corrected chi connectivity index (χ0v) is 9.83. The van der Waals surface area contributed by atoms with E-state index in [2.05, 4.69) is 15.9 Å².